The molecule has 0 radical (unpaired) electrons. The highest BCUT2D eigenvalue weighted by Crippen LogP contribution is 2.66. The summed E-state index contributed by atoms with van der Waals surface area (Å²) in [5, 5.41) is 0.750. The molecule has 6 rings (SSSR count). The molecular weight excluding hydrogens is 508 g/mol. The van der Waals surface area contributed by atoms with Gasteiger partial charge in [-0.15, -0.1) is 0 Å². The summed E-state index contributed by atoms with van der Waals surface area (Å²) in [6, 6.07) is 8.13. The van der Waals surface area contributed by atoms with Crippen molar-refractivity contribution in [1.29, 1.82) is 0 Å². The van der Waals surface area contributed by atoms with Crippen molar-refractivity contribution >= 4 is 23.5 Å². The standard InChI is InChI=1S/C34H45ClO4/c1-21(36)38-25-16-18-33(2)23(20-25)10-13-27-28-14-15-30(34(28,3)19-17-29(27)33)32(37)39-31-7-5-4-6-26(31)22-8-11-24(35)12-9-22/h8-12,25-31H,4-7,13-20H2,1-3H3/t25-,26-,27-,28-,29-,30+,31+,33-,34-/m0/s1. The molecule has 0 spiro atoms. The highest BCUT2D eigenvalue weighted by atomic mass is 35.5. The molecule has 1 aromatic rings. The van der Waals surface area contributed by atoms with Crippen LogP contribution in [0.5, 0.6) is 0 Å². The lowest BCUT2D eigenvalue weighted by molar-refractivity contribution is -0.164. The lowest BCUT2D eigenvalue weighted by Gasteiger charge is -2.58. The fraction of sp³-hybridized carbons (Fsp3) is 0.706. The average molecular weight is 553 g/mol. The molecule has 0 heterocycles. The first-order chi connectivity index (χ1) is 18.7. The number of benzene rings is 1. The molecule has 5 aliphatic rings. The topological polar surface area (TPSA) is 52.6 Å². The van der Waals surface area contributed by atoms with Gasteiger partial charge >= 0.3 is 11.9 Å². The fourth-order valence-corrected chi connectivity index (χ4v) is 10.0. The van der Waals surface area contributed by atoms with Crippen LogP contribution in [0.4, 0.5) is 0 Å². The zero-order chi connectivity index (χ0) is 27.4. The molecule has 0 unspecified atom stereocenters. The summed E-state index contributed by atoms with van der Waals surface area (Å²) >= 11 is 6.15. The van der Waals surface area contributed by atoms with Crippen LogP contribution in [0.1, 0.15) is 109 Å². The normalized spacial score (nSPS) is 41.4. The molecule has 5 heteroatoms. The predicted molar refractivity (Wildman–Crippen MR) is 153 cm³/mol. The molecule has 212 valence electrons. The van der Waals surface area contributed by atoms with Gasteiger partial charge in [0.15, 0.2) is 0 Å². The summed E-state index contributed by atoms with van der Waals surface area (Å²) in [6.07, 6.45) is 15.3. The molecule has 4 fully saturated rings. The predicted octanol–water partition coefficient (Wildman–Crippen LogP) is 8.42. The van der Waals surface area contributed by atoms with E-state index in [1.165, 1.54) is 30.9 Å². The molecule has 39 heavy (non-hydrogen) atoms. The average Bonchev–Trinajstić information content (AvgIpc) is 3.27. The number of allylic oxidation sites excluding steroid dienone is 1. The molecule has 5 aliphatic carbocycles. The number of halogens is 1. The Morgan fingerprint density at radius 1 is 0.897 bits per heavy atom. The van der Waals surface area contributed by atoms with Gasteiger partial charge < -0.3 is 9.47 Å². The van der Waals surface area contributed by atoms with E-state index in [-0.39, 0.29) is 46.8 Å². The number of carbonyl (C=O) groups is 2. The van der Waals surface area contributed by atoms with Crippen LogP contribution in [0.15, 0.2) is 35.9 Å². The van der Waals surface area contributed by atoms with Gasteiger partial charge in [-0.25, -0.2) is 0 Å². The third-order valence-electron chi connectivity index (χ3n) is 11.9. The van der Waals surface area contributed by atoms with E-state index in [0.717, 1.165) is 69.2 Å². The van der Waals surface area contributed by atoms with Crippen LogP contribution < -0.4 is 0 Å². The zero-order valence-electron chi connectivity index (χ0n) is 23.9. The maximum atomic E-state index is 13.9. The van der Waals surface area contributed by atoms with Gasteiger partial charge in [0, 0.05) is 24.3 Å². The van der Waals surface area contributed by atoms with Crippen molar-refractivity contribution in [2.75, 3.05) is 0 Å². The highest BCUT2D eigenvalue weighted by molar-refractivity contribution is 6.30. The second-order valence-corrected chi connectivity index (χ2v) is 14.3. The minimum Gasteiger partial charge on any atom is -0.462 e. The minimum absolute atomic E-state index is 0.00845. The van der Waals surface area contributed by atoms with Gasteiger partial charge in [0.1, 0.15) is 12.2 Å². The summed E-state index contributed by atoms with van der Waals surface area (Å²) < 4.78 is 12.1. The van der Waals surface area contributed by atoms with E-state index in [9.17, 15) is 9.59 Å². The third kappa shape index (κ3) is 4.87. The Labute approximate surface area is 239 Å². The highest BCUT2D eigenvalue weighted by Gasteiger charge is 2.60. The molecule has 4 nitrogen and oxygen atoms in total. The molecule has 0 N–H and O–H groups in total. The van der Waals surface area contributed by atoms with Gasteiger partial charge in [-0.1, -0.05) is 55.7 Å². The van der Waals surface area contributed by atoms with Crippen LogP contribution in [0.2, 0.25) is 5.02 Å². The fourth-order valence-electron chi connectivity index (χ4n) is 9.91. The first-order valence-corrected chi connectivity index (χ1v) is 15.9. The van der Waals surface area contributed by atoms with E-state index in [4.69, 9.17) is 21.1 Å². The largest absolute Gasteiger partial charge is 0.462 e. The Kier molecular flexibility index (Phi) is 7.40. The van der Waals surface area contributed by atoms with Crippen molar-refractivity contribution in [2.45, 2.75) is 116 Å². The second kappa shape index (κ2) is 10.5. The number of rotatable bonds is 4. The van der Waals surface area contributed by atoms with Crippen LogP contribution in [0, 0.1) is 34.5 Å². The maximum absolute atomic E-state index is 13.9. The van der Waals surface area contributed by atoms with Crippen molar-refractivity contribution in [3.8, 4) is 0 Å². The molecular formula is C34H45ClO4. The molecule has 1 aromatic carbocycles. The zero-order valence-corrected chi connectivity index (χ0v) is 24.7. The van der Waals surface area contributed by atoms with Crippen molar-refractivity contribution < 1.29 is 19.1 Å². The van der Waals surface area contributed by atoms with Gasteiger partial charge in [-0.05, 0) is 110 Å². The second-order valence-electron chi connectivity index (χ2n) is 13.8. The van der Waals surface area contributed by atoms with Crippen LogP contribution in [-0.4, -0.2) is 24.1 Å². The van der Waals surface area contributed by atoms with Crippen molar-refractivity contribution in [2.24, 2.45) is 34.5 Å². The number of hydrogen-bond donors (Lipinski definition) is 0. The Bertz CT molecular complexity index is 1130. The monoisotopic (exact) mass is 552 g/mol. The Morgan fingerprint density at radius 2 is 1.67 bits per heavy atom. The number of esters is 2. The van der Waals surface area contributed by atoms with Gasteiger partial charge in [0.2, 0.25) is 0 Å². The van der Waals surface area contributed by atoms with E-state index in [2.05, 4.69) is 32.1 Å². The summed E-state index contributed by atoms with van der Waals surface area (Å²) in [5.41, 5.74) is 2.99. The molecule has 9 atom stereocenters. The molecule has 0 aliphatic heterocycles. The van der Waals surface area contributed by atoms with Crippen molar-refractivity contribution in [3.63, 3.8) is 0 Å². The smallest absolute Gasteiger partial charge is 0.309 e. The van der Waals surface area contributed by atoms with Gasteiger partial charge in [0.05, 0.1) is 5.92 Å². The molecule has 0 saturated heterocycles. The SMILES string of the molecule is CC(=O)O[C@H]1CC[C@@]2(C)C(=CC[C@H]3[C@@H]4CC[C@H](C(=O)O[C@@H]5CCCC[C@H]5c5ccc(Cl)cc5)[C@@]4(C)CC[C@@H]32)C1. The summed E-state index contributed by atoms with van der Waals surface area (Å²) in [7, 11) is 0. The number of ether oxygens (including phenoxy) is 2. The number of fused-ring (bicyclic) bond motifs is 5. The first-order valence-electron chi connectivity index (χ1n) is 15.5. The molecule has 0 bridgehead atoms. The van der Waals surface area contributed by atoms with E-state index in [1.54, 1.807) is 0 Å². The lowest BCUT2D eigenvalue weighted by Crippen LogP contribution is -2.51. The van der Waals surface area contributed by atoms with Gasteiger partial charge in [-0.3, -0.25) is 9.59 Å². The quantitative estimate of drug-likeness (QED) is 0.278. The van der Waals surface area contributed by atoms with E-state index < -0.39 is 0 Å². The maximum Gasteiger partial charge on any atom is 0.309 e. The van der Waals surface area contributed by atoms with Crippen molar-refractivity contribution in [1.82, 2.24) is 0 Å². The Balaban J connectivity index is 1.16. The van der Waals surface area contributed by atoms with Crippen LogP contribution in [0.3, 0.4) is 0 Å². The first kappa shape index (κ1) is 27.4. The van der Waals surface area contributed by atoms with Gasteiger partial charge in [-0.2, -0.15) is 0 Å². The van der Waals surface area contributed by atoms with Crippen LogP contribution >= 0.6 is 11.6 Å². The lowest BCUT2D eigenvalue weighted by atomic mass is 9.47. The van der Waals surface area contributed by atoms with E-state index in [0.29, 0.717) is 17.8 Å². The number of hydrogen-bond acceptors (Lipinski definition) is 4. The van der Waals surface area contributed by atoms with E-state index in [1.807, 2.05) is 12.1 Å². The van der Waals surface area contributed by atoms with E-state index >= 15 is 0 Å². The molecule has 0 amide bonds. The Hall–Kier alpha value is -1.81. The summed E-state index contributed by atoms with van der Waals surface area (Å²) in [6.45, 7) is 6.40. The van der Waals surface area contributed by atoms with Crippen LogP contribution in [-0.2, 0) is 19.1 Å². The summed E-state index contributed by atoms with van der Waals surface area (Å²) in [5.74, 6) is 2.05. The Morgan fingerprint density at radius 3 is 2.44 bits per heavy atom. The van der Waals surface area contributed by atoms with Crippen molar-refractivity contribution in [3.05, 3.63) is 46.5 Å². The summed E-state index contributed by atoms with van der Waals surface area (Å²) in [4.78, 5) is 25.5. The van der Waals surface area contributed by atoms with Crippen LogP contribution in [0.25, 0.3) is 0 Å². The minimum atomic E-state index is -0.164. The van der Waals surface area contributed by atoms with Gasteiger partial charge in [0.25, 0.3) is 0 Å². The molecule has 0 aromatic heterocycles. The third-order valence-corrected chi connectivity index (χ3v) is 12.2. The number of carbonyl (C=O) groups excluding carboxylic acids is 2. The molecule has 4 saturated carbocycles.